The number of nitrogens with zero attached hydrogens (tertiary/aromatic N) is 2. The van der Waals surface area contributed by atoms with Gasteiger partial charge in [0.25, 0.3) is 11.8 Å². The van der Waals surface area contributed by atoms with Crippen molar-refractivity contribution in [3.8, 4) is 0 Å². The first kappa shape index (κ1) is 39.9. The first-order valence-corrected chi connectivity index (χ1v) is 20.6. The quantitative estimate of drug-likeness (QED) is 0.150. The number of hydrogen-bond acceptors (Lipinski definition) is 11. The number of fused-ring (bicyclic) bond motifs is 2. The molecule has 3 amide bonds. The third-order valence-electron chi connectivity index (χ3n) is 9.26. The van der Waals surface area contributed by atoms with E-state index in [0.29, 0.717) is 34.3 Å². The van der Waals surface area contributed by atoms with Crippen molar-refractivity contribution < 1.29 is 51.4 Å². The van der Waals surface area contributed by atoms with Crippen LogP contribution in [0.4, 0.5) is 4.79 Å². The number of furan rings is 1. The van der Waals surface area contributed by atoms with Gasteiger partial charge in [-0.05, 0) is 66.4 Å². The molecule has 14 nitrogen and oxygen atoms in total. The Morgan fingerprint density at radius 1 is 1.07 bits per heavy atom. The SMILES string of the molecule is CC(OC(=O)C1CSC(C)N1C(=O)O)OC(=O)[C@H](Cc1cccc(S(C)(=O)=O)c1)NC(=O)c1c(Cl)cc2c(c1Cl)CCN(C(=O)c1ccc3ccoc3c1)C2. The normalized spacial score (nSPS) is 18.0. The topological polar surface area (TPSA) is 190 Å². The maximum Gasteiger partial charge on any atom is 0.408 e. The number of ether oxygens (including phenoxy) is 2. The molecule has 3 unspecified atom stereocenters. The third-order valence-corrected chi connectivity index (χ3v) is 12.3. The minimum absolute atomic E-state index is 0.0211. The number of rotatable bonds is 10. The van der Waals surface area contributed by atoms with Crippen LogP contribution in [0.3, 0.4) is 0 Å². The zero-order valence-electron chi connectivity index (χ0n) is 29.6. The number of esters is 2. The summed E-state index contributed by atoms with van der Waals surface area (Å²) >= 11 is 14.7. The van der Waals surface area contributed by atoms with Crippen LogP contribution in [0.25, 0.3) is 11.0 Å². The molecule has 0 aliphatic carbocycles. The van der Waals surface area contributed by atoms with Crippen LogP contribution in [0, 0.1) is 0 Å². The van der Waals surface area contributed by atoms with Gasteiger partial charge in [-0.3, -0.25) is 14.5 Å². The molecule has 1 fully saturated rings. The van der Waals surface area contributed by atoms with E-state index in [-0.39, 0.29) is 51.7 Å². The summed E-state index contributed by atoms with van der Waals surface area (Å²) in [7, 11) is -3.63. The highest BCUT2D eigenvalue weighted by Gasteiger charge is 2.41. The van der Waals surface area contributed by atoms with Gasteiger partial charge in [0.05, 0.1) is 32.1 Å². The second kappa shape index (κ2) is 16.1. The van der Waals surface area contributed by atoms with E-state index < -0.39 is 57.5 Å². The molecule has 1 saturated heterocycles. The molecule has 4 aromatic rings. The Kier molecular flexibility index (Phi) is 11.7. The predicted molar refractivity (Wildman–Crippen MR) is 203 cm³/mol. The standard InChI is InChI=1S/C37H35Cl2N3O11S2/c1-19-42(37(47)48)29(18-54-19)36(46)53-20(2)52-35(45)28(14-21-5-4-6-25(13-21)55(3,49)50)40-33(43)31-27(38)15-24-17-41(11-9-26(24)32(31)39)34(44)23-8-7-22-10-12-51-30(22)16-23/h4-8,10,12-13,15-16,19-20,28-29H,9,11,14,17-18H2,1-3H3,(H,40,43)(H,47,48)/t19?,20?,28-,29?/m0/s1. The number of amides is 3. The average molecular weight is 833 g/mol. The van der Waals surface area contributed by atoms with Crippen molar-refractivity contribution in [1.82, 2.24) is 15.1 Å². The van der Waals surface area contributed by atoms with Gasteiger partial charge >= 0.3 is 18.0 Å². The highest BCUT2D eigenvalue weighted by atomic mass is 35.5. The number of thioether (sulfide) groups is 1. The van der Waals surface area contributed by atoms with E-state index in [1.165, 1.54) is 36.9 Å². The van der Waals surface area contributed by atoms with E-state index in [9.17, 15) is 37.5 Å². The van der Waals surface area contributed by atoms with E-state index in [0.717, 1.165) is 16.5 Å². The number of benzene rings is 3. The summed E-state index contributed by atoms with van der Waals surface area (Å²) in [6.07, 6.45) is -0.191. The van der Waals surface area contributed by atoms with Gasteiger partial charge in [0.1, 0.15) is 17.7 Å². The zero-order chi connectivity index (χ0) is 39.8. The van der Waals surface area contributed by atoms with Crippen LogP contribution in [0.1, 0.15) is 51.3 Å². The largest absolute Gasteiger partial charge is 0.465 e. The zero-order valence-corrected chi connectivity index (χ0v) is 32.8. The molecule has 2 aliphatic rings. The van der Waals surface area contributed by atoms with E-state index in [1.807, 2.05) is 0 Å². The third kappa shape index (κ3) is 8.72. The summed E-state index contributed by atoms with van der Waals surface area (Å²) in [5.74, 6) is -2.90. The Morgan fingerprint density at radius 3 is 2.56 bits per heavy atom. The molecule has 18 heteroatoms. The van der Waals surface area contributed by atoms with Gasteiger partial charge in [-0.15, -0.1) is 11.8 Å². The first-order chi connectivity index (χ1) is 26.0. The second-order valence-corrected chi connectivity index (χ2v) is 17.2. The maximum absolute atomic E-state index is 13.9. The first-order valence-electron chi connectivity index (χ1n) is 16.9. The fraction of sp³-hybridized carbons (Fsp3) is 0.324. The van der Waals surface area contributed by atoms with Crippen LogP contribution in [-0.4, -0.2) is 95.5 Å². The van der Waals surface area contributed by atoms with Crippen LogP contribution in [-0.2, 0) is 48.3 Å². The van der Waals surface area contributed by atoms with Crippen molar-refractivity contribution in [3.63, 3.8) is 0 Å². The molecule has 0 saturated carbocycles. The number of hydrogen-bond donors (Lipinski definition) is 2. The molecule has 2 aliphatic heterocycles. The van der Waals surface area contributed by atoms with Gasteiger partial charge in [0.2, 0.25) is 6.29 Å². The van der Waals surface area contributed by atoms with Gasteiger partial charge in [0, 0.05) is 49.4 Å². The lowest BCUT2D eigenvalue weighted by atomic mass is 9.95. The lowest BCUT2D eigenvalue weighted by Gasteiger charge is -2.30. The highest BCUT2D eigenvalue weighted by Crippen LogP contribution is 2.35. The van der Waals surface area contributed by atoms with E-state index in [4.69, 9.17) is 37.1 Å². The number of carboxylic acid groups (broad SMARTS) is 1. The van der Waals surface area contributed by atoms with Crippen molar-refractivity contribution in [2.45, 2.75) is 61.9 Å². The van der Waals surface area contributed by atoms with Gasteiger partial charge in [0.15, 0.2) is 9.84 Å². The monoisotopic (exact) mass is 831 g/mol. The van der Waals surface area contributed by atoms with Crippen LogP contribution < -0.4 is 5.32 Å². The van der Waals surface area contributed by atoms with Crippen molar-refractivity contribution in [3.05, 3.63) is 98.7 Å². The van der Waals surface area contributed by atoms with Crippen molar-refractivity contribution >= 4 is 85.6 Å². The predicted octanol–water partition coefficient (Wildman–Crippen LogP) is 5.56. The molecule has 55 heavy (non-hydrogen) atoms. The number of carbonyl (C=O) groups excluding carboxylic acids is 4. The highest BCUT2D eigenvalue weighted by molar-refractivity contribution is 8.00. The average Bonchev–Trinajstić information content (AvgIpc) is 3.76. The van der Waals surface area contributed by atoms with Crippen LogP contribution >= 0.6 is 35.0 Å². The van der Waals surface area contributed by atoms with E-state index in [2.05, 4.69) is 5.32 Å². The molecular weight excluding hydrogens is 797 g/mol. The molecule has 290 valence electrons. The van der Waals surface area contributed by atoms with Crippen molar-refractivity contribution in [2.75, 3.05) is 18.6 Å². The molecule has 3 heterocycles. The summed E-state index contributed by atoms with van der Waals surface area (Å²) in [6, 6.07) is 11.7. The fourth-order valence-corrected chi connectivity index (χ4v) is 9.10. The molecule has 4 atom stereocenters. The molecule has 2 N–H and O–H groups in total. The van der Waals surface area contributed by atoms with Crippen molar-refractivity contribution in [2.24, 2.45) is 0 Å². The van der Waals surface area contributed by atoms with E-state index >= 15 is 0 Å². The van der Waals surface area contributed by atoms with Crippen LogP contribution in [0.2, 0.25) is 10.0 Å². The van der Waals surface area contributed by atoms with Gasteiger partial charge in [-0.1, -0.05) is 41.4 Å². The molecular formula is C37H35Cl2N3O11S2. The summed E-state index contributed by atoms with van der Waals surface area (Å²) in [6.45, 7) is 3.34. The van der Waals surface area contributed by atoms with Crippen molar-refractivity contribution in [1.29, 1.82) is 0 Å². The minimum atomic E-state index is -3.63. The summed E-state index contributed by atoms with van der Waals surface area (Å²) in [5.41, 5.74) is 2.47. The lowest BCUT2D eigenvalue weighted by molar-refractivity contribution is -0.188. The Morgan fingerprint density at radius 2 is 1.84 bits per heavy atom. The van der Waals surface area contributed by atoms with Crippen LogP contribution in [0.5, 0.6) is 0 Å². The number of carbonyl (C=O) groups is 5. The lowest BCUT2D eigenvalue weighted by Crippen LogP contribution is -2.47. The second-order valence-electron chi connectivity index (χ2n) is 13.1. The number of nitrogens with one attached hydrogen (secondary N) is 1. The molecule has 0 radical (unpaired) electrons. The maximum atomic E-state index is 13.9. The van der Waals surface area contributed by atoms with Gasteiger partial charge in [-0.2, -0.15) is 0 Å². The summed E-state index contributed by atoms with van der Waals surface area (Å²) in [4.78, 5) is 68.1. The Labute approximate surface area is 329 Å². The van der Waals surface area contributed by atoms with Gasteiger partial charge in [-0.25, -0.2) is 22.8 Å². The number of halogens is 2. The molecule has 3 aromatic carbocycles. The molecule has 6 rings (SSSR count). The molecule has 0 spiro atoms. The fourth-order valence-electron chi connectivity index (χ4n) is 6.49. The number of sulfone groups is 1. The van der Waals surface area contributed by atoms with Crippen LogP contribution in [0.15, 0.2) is 70.2 Å². The minimum Gasteiger partial charge on any atom is -0.465 e. The Balaban J connectivity index is 1.21. The molecule has 1 aromatic heterocycles. The summed E-state index contributed by atoms with van der Waals surface area (Å²) in [5, 5.41) is 12.5. The van der Waals surface area contributed by atoms with E-state index in [1.54, 1.807) is 54.5 Å². The Bertz CT molecular complexity index is 2320. The summed E-state index contributed by atoms with van der Waals surface area (Å²) < 4.78 is 40.7. The smallest absolute Gasteiger partial charge is 0.408 e. The molecule has 0 bridgehead atoms. The van der Waals surface area contributed by atoms with Gasteiger partial charge < -0.3 is 29.2 Å². The Hall–Kier alpha value is -4.77.